The summed E-state index contributed by atoms with van der Waals surface area (Å²) in [5.74, 6) is 7.07. The first-order valence-corrected chi connectivity index (χ1v) is 48.2. The van der Waals surface area contributed by atoms with E-state index < -0.39 is 21.7 Å². The molecule has 644 valence electrons. The Labute approximate surface area is 800 Å². The van der Waals surface area contributed by atoms with Gasteiger partial charge in [-0.1, -0.05) is 340 Å². The van der Waals surface area contributed by atoms with Crippen molar-refractivity contribution in [2.45, 2.75) is 21.7 Å². The second-order valence-electron chi connectivity index (χ2n) is 37.2. The lowest BCUT2D eigenvalue weighted by molar-refractivity contribution is 0.436. The second-order valence-corrected chi connectivity index (χ2v) is 38.3. The van der Waals surface area contributed by atoms with E-state index in [1.807, 2.05) is 23.5 Å². The maximum absolute atomic E-state index is 6.74. The molecule has 0 fully saturated rings. The summed E-state index contributed by atoms with van der Waals surface area (Å²) >= 11 is 1.86. The van der Waals surface area contributed by atoms with Crippen LogP contribution in [0.4, 0.5) is 34.1 Å². The maximum atomic E-state index is 6.74. The van der Waals surface area contributed by atoms with E-state index in [4.69, 9.17) is 23.4 Å². The van der Waals surface area contributed by atoms with Gasteiger partial charge in [0.1, 0.15) is 57.2 Å². The molecule has 0 bridgehead atoms. The molecule has 4 aliphatic carbocycles. The molecule has 0 saturated heterocycles. The van der Waals surface area contributed by atoms with Crippen LogP contribution < -0.4 is 28.7 Å². The van der Waals surface area contributed by atoms with Gasteiger partial charge in [0, 0.05) is 109 Å². The number of thiophene rings is 1. The highest BCUT2D eigenvalue weighted by Crippen LogP contribution is 2.69. The average Bonchev–Trinajstić information content (AvgIpc) is 1.52. The van der Waals surface area contributed by atoms with Gasteiger partial charge < -0.3 is 33.2 Å². The Bertz CT molecular complexity index is 9010. The van der Waals surface area contributed by atoms with Gasteiger partial charge in [0.15, 0.2) is 0 Å². The summed E-state index contributed by atoms with van der Waals surface area (Å²) in [6, 6.07) is 173. The van der Waals surface area contributed by atoms with E-state index in [0.29, 0.717) is 0 Å². The maximum Gasteiger partial charge on any atom is 0.143 e. The quantitative estimate of drug-likeness (QED) is 0.158. The number of hydrogen-bond donors (Lipinski definition) is 0. The van der Waals surface area contributed by atoms with E-state index >= 15 is 0 Å². The molecule has 6 heterocycles. The van der Waals surface area contributed by atoms with Gasteiger partial charge in [0.25, 0.3) is 0 Å². The van der Waals surface area contributed by atoms with Crippen LogP contribution in [-0.2, 0) is 21.7 Å². The number of ether oxygens (including phenoxy) is 4. The average molecular weight is 1780 g/mol. The summed E-state index contributed by atoms with van der Waals surface area (Å²) in [7, 11) is 0. The third-order valence-corrected chi connectivity index (χ3v) is 32.0. The van der Waals surface area contributed by atoms with Gasteiger partial charge in [0.05, 0.1) is 27.3 Å². The monoisotopic (exact) mass is 1780 g/mol. The molecule has 2 aromatic heterocycles. The summed E-state index contributed by atoms with van der Waals surface area (Å²) < 4.78 is 35.9. The third kappa shape index (κ3) is 10.3. The fraction of sp³-hybridized carbons (Fsp3) is 0.0308. The summed E-state index contributed by atoms with van der Waals surface area (Å²) in [6.07, 6.45) is 0. The van der Waals surface area contributed by atoms with Gasteiger partial charge in [-0.3, -0.25) is 0 Å². The minimum absolute atomic E-state index is 0.556. The van der Waals surface area contributed by atoms with Crippen LogP contribution in [0.2, 0.25) is 0 Å². The number of anilines is 6. The molecular formula is C130H78N2O5S. The Hall–Kier alpha value is -17.6. The van der Waals surface area contributed by atoms with E-state index in [2.05, 4.69) is 471 Å². The first kappa shape index (κ1) is 76.9. The Morgan fingerprint density at radius 1 is 0.181 bits per heavy atom. The van der Waals surface area contributed by atoms with E-state index in [-0.39, 0.29) is 0 Å². The van der Waals surface area contributed by atoms with Crippen molar-refractivity contribution in [2.24, 2.45) is 0 Å². The van der Waals surface area contributed by atoms with Gasteiger partial charge in [-0.15, -0.1) is 11.3 Å². The highest BCUT2D eigenvalue weighted by Gasteiger charge is 2.57. The van der Waals surface area contributed by atoms with Crippen molar-refractivity contribution in [2.75, 3.05) is 9.80 Å². The van der Waals surface area contributed by atoms with Gasteiger partial charge in [-0.05, 0) is 228 Å². The molecule has 23 aromatic rings. The fourth-order valence-electron chi connectivity index (χ4n) is 25.5. The number of rotatable bonds is 7. The lowest BCUT2D eigenvalue weighted by atomic mass is 9.66. The Kier molecular flexibility index (Phi) is 16.2. The van der Waals surface area contributed by atoms with Crippen molar-refractivity contribution in [3.63, 3.8) is 0 Å². The fourth-order valence-corrected chi connectivity index (χ4v) is 26.6. The molecule has 0 amide bonds. The summed E-state index contributed by atoms with van der Waals surface area (Å²) in [5.41, 5.74) is 37.1. The Balaban J connectivity index is 0.000000131. The molecule has 0 saturated carbocycles. The van der Waals surface area contributed by atoms with Crippen LogP contribution in [0.5, 0.6) is 46.0 Å². The molecule has 8 aliphatic rings. The van der Waals surface area contributed by atoms with Crippen molar-refractivity contribution in [3.05, 3.63) is 562 Å². The van der Waals surface area contributed by atoms with Crippen LogP contribution in [0, 0.1) is 0 Å². The Morgan fingerprint density at radius 2 is 0.471 bits per heavy atom. The zero-order valence-corrected chi connectivity index (χ0v) is 75.2. The van der Waals surface area contributed by atoms with Crippen LogP contribution in [0.3, 0.4) is 0 Å². The molecular weight excluding hydrogens is 1700 g/mol. The second kappa shape index (κ2) is 29.0. The largest absolute Gasteiger partial charge is 0.457 e. The molecule has 4 spiro atoms. The minimum atomic E-state index is -0.624. The number of nitrogens with zero attached hydrogens (tertiary/aromatic N) is 2. The predicted octanol–water partition coefficient (Wildman–Crippen LogP) is 34.1. The minimum Gasteiger partial charge on any atom is -0.457 e. The molecule has 0 atom stereocenters. The number of furan rings is 1. The van der Waals surface area contributed by atoms with Gasteiger partial charge in [-0.25, -0.2) is 0 Å². The first-order valence-electron chi connectivity index (χ1n) is 47.4. The van der Waals surface area contributed by atoms with Crippen molar-refractivity contribution >= 4 is 87.6 Å². The highest BCUT2D eigenvalue weighted by atomic mass is 32.1. The number of fused-ring (bicyclic) bond motifs is 42. The number of para-hydroxylation sites is 10. The lowest BCUT2D eigenvalue weighted by Crippen LogP contribution is -2.32. The molecule has 7 nitrogen and oxygen atoms in total. The normalized spacial score (nSPS) is 14.4. The molecule has 4 aliphatic heterocycles. The van der Waals surface area contributed by atoms with E-state index in [0.717, 1.165) is 158 Å². The summed E-state index contributed by atoms with van der Waals surface area (Å²) in [5, 5.41) is 4.75. The molecule has 138 heavy (non-hydrogen) atoms. The standard InChI is InChI=1S/C68H41NO3.C62H37NO2S/c1-4-21-53-47(16-1)49-38-36-45(41-60(49)68(53)58-25-8-13-30-64(58)71-65-31-14-9-26-59(65)68)69(43-34-32-42(33-35-43)46-19-15-20-51-50-18-3-10-27-61(50)72-66(46)51)44-37-39-55-52(40-44)48-17-2-5-22-54(48)67(55)56-23-6-11-28-62(56)70-63-29-12-7-24-57(63)67;1-4-19-45-40(16-1)42-34-32-39(37-52(42)62(45)50-23-8-12-28-56(50)65-57-29-13-9-24-51(57)62)63(53-25-15-31-59-60(53)43-18-3-14-30-58(43)66-59)38-33-35-47-44(36-38)41-17-2-5-20-46(41)61(47)48-21-6-10-26-54(48)64-55-27-11-7-22-49(55)61/h1-41H;1-37H. The highest BCUT2D eigenvalue weighted by molar-refractivity contribution is 7.26. The SMILES string of the molecule is c1ccc2c(c1)Oc1ccccc1C21c2ccccc2-c2cc(N(c3ccc(-c4cccc5c4oc4ccccc45)cc3)c3ccc4c(c3)C3(c5ccccc5Oc5ccccc53)c3ccccc3-4)ccc21.c1ccc2c(c1)Oc1ccccc1C21c2ccccc2-c2cc(N(c3ccc4c(c3)C3(c5ccccc5Oc5ccccc53)c3ccccc3-4)c3cccc4sc5ccccc5c34)ccc21. The molecule has 0 unspecified atom stereocenters. The smallest absolute Gasteiger partial charge is 0.143 e. The van der Waals surface area contributed by atoms with Crippen LogP contribution in [-0.4, -0.2) is 0 Å². The van der Waals surface area contributed by atoms with Crippen LogP contribution >= 0.6 is 11.3 Å². The van der Waals surface area contributed by atoms with Crippen molar-refractivity contribution in [1.82, 2.24) is 0 Å². The lowest BCUT2D eigenvalue weighted by Gasteiger charge is -2.40. The van der Waals surface area contributed by atoms with E-state index in [1.54, 1.807) is 0 Å². The Morgan fingerprint density at radius 3 is 0.906 bits per heavy atom. The predicted molar refractivity (Wildman–Crippen MR) is 557 cm³/mol. The van der Waals surface area contributed by atoms with Gasteiger partial charge in [0.2, 0.25) is 0 Å². The third-order valence-electron chi connectivity index (χ3n) is 30.8. The van der Waals surface area contributed by atoms with Gasteiger partial charge >= 0.3 is 0 Å². The number of benzene rings is 21. The van der Waals surface area contributed by atoms with Crippen LogP contribution in [0.1, 0.15) is 89.0 Å². The van der Waals surface area contributed by atoms with Crippen LogP contribution in [0.15, 0.2) is 478 Å². The van der Waals surface area contributed by atoms with E-state index in [1.165, 1.54) is 109 Å². The number of hydrogen-bond acceptors (Lipinski definition) is 8. The molecule has 8 heteroatoms. The summed E-state index contributed by atoms with van der Waals surface area (Å²) in [6.45, 7) is 0. The zero-order valence-electron chi connectivity index (χ0n) is 74.4. The van der Waals surface area contributed by atoms with Gasteiger partial charge in [-0.2, -0.15) is 0 Å². The molecule has 21 aromatic carbocycles. The van der Waals surface area contributed by atoms with Crippen molar-refractivity contribution in [1.29, 1.82) is 0 Å². The van der Waals surface area contributed by atoms with Crippen molar-refractivity contribution in [3.8, 4) is 102 Å². The topological polar surface area (TPSA) is 56.5 Å². The van der Waals surface area contributed by atoms with E-state index in [9.17, 15) is 0 Å². The summed E-state index contributed by atoms with van der Waals surface area (Å²) in [4.78, 5) is 4.97. The van der Waals surface area contributed by atoms with Crippen molar-refractivity contribution < 1.29 is 23.4 Å². The molecule has 31 rings (SSSR count). The van der Waals surface area contributed by atoms with Crippen LogP contribution in [0.25, 0.3) is 97.7 Å². The molecule has 0 radical (unpaired) electrons. The zero-order chi connectivity index (χ0) is 90.3. The molecule has 0 N–H and O–H groups in total. The first-order chi connectivity index (χ1) is 68.4.